The molecule has 1 heterocycles. The van der Waals surface area contributed by atoms with Crippen molar-refractivity contribution in [2.45, 2.75) is 38.6 Å². The molecule has 0 aliphatic rings. The van der Waals surface area contributed by atoms with Gasteiger partial charge in [-0.05, 0) is 40.9 Å². The zero-order valence-corrected chi connectivity index (χ0v) is 14.6. The molecule has 0 fully saturated rings. The van der Waals surface area contributed by atoms with Crippen LogP contribution in [0.5, 0.6) is 0 Å². The number of hydrogen-bond acceptors (Lipinski definition) is 2. The molecule has 0 amide bonds. The van der Waals surface area contributed by atoms with Gasteiger partial charge in [-0.1, -0.05) is 44.2 Å². The fourth-order valence-electron chi connectivity index (χ4n) is 2.86. The highest BCUT2D eigenvalue weighted by Crippen LogP contribution is 2.36. The van der Waals surface area contributed by atoms with Crippen molar-refractivity contribution >= 4 is 15.9 Å². The fourth-order valence-corrected chi connectivity index (χ4v) is 3.46. The van der Waals surface area contributed by atoms with E-state index in [0.29, 0.717) is 5.92 Å². The highest BCUT2D eigenvalue weighted by molar-refractivity contribution is 9.10. The third kappa shape index (κ3) is 3.74. The van der Waals surface area contributed by atoms with E-state index in [1.54, 1.807) is 0 Å². The molecule has 2 atom stereocenters. The summed E-state index contributed by atoms with van der Waals surface area (Å²) in [4.78, 5) is 0. The van der Waals surface area contributed by atoms with Gasteiger partial charge in [0.15, 0.2) is 0 Å². The van der Waals surface area contributed by atoms with E-state index in [1.807, 2.05) is 17.9 Å². The predicted octanol–water partition coefficient (Wildman–Crippen LogP) is 4.42. The van der Waals surface area contributed by atoms with Crippen molar-refractivity contribution in [2.24, 2.45) is 7.05 Å². The first-order valence-corrected chi connectivity index (χ1v) is 8.44. The monoisotopic (exact) mass is 349 g/mol. The van der Waals surface area contributed by atoms with Gasteiger partial charge in [-0.3, -0.25) is 4.68 Å². The minimum atomic E-state index is 0.263. The summed E-state index contributed by atoms with van der Waals surface area (Å²) in [5.41, 5.74) is 2.60. The molecule has 0 saturated heterocycles. The van der Waals surface area contributed by atoms with Crippen LogP contribution in [0.25, 0.3) is 0 Å². The van der Waals surface area contributed by atoms with E-state index >= 15 is 0 Å². The molecule has 1 aromatic heterocycles. The zero-order chi connectivity index (χ0) is 15.2. The van der Waals surface area contributed by atoms with Crippen LogP contribution in [0.15, 0.2) is 41.0 Å². The van der Waals surface area contributed by atoms with Crippen molar-refractivity contribution in [3.8, 4) is 0 Å². The lowest BCUT2D eigenvalue weighted by molar-refractivity contribution is 0.411. The minimum absolute atomic E-state index is 0.263. The van der Waals surface area contributed by atoms with Crippen LogP contribution in [-0.4, -0.2) is 16.3 Å². The standard InChI is InChI=1S/C17H24BrN3/c1-4-11-19-16(17-15(18)12-20-21(17)3)14(5-2)13-9-7-6-8-10-13/h6-10,12,14,16,19H,4-5,11H2,1-3H3. The summed E-state index contributed by atoms with van der Waals surface area (Å²) >= 11 is 3.66. The average molecular weight is 350 g/mol. The smallest absolute Gasteiger partial charge is 0.0698 e. The van der Waals surface area contributed by atoms with Crippen LogP contribution in [-0.2, 0) is 7.05 Å². The number of aryl methyl sites for hydroxylation is 1. The average Bonchev–Trinajstić information content (AvgIpc) is 2.84. The normalized spacial score (nSPS) is 14.1. The second-order valence-corrected chi connectivity index (χ2v) is 6.21. The Kier molecular flexibility index (Phi) is 6.00. The molecule has 2 rings (SSSR count). The predicted molar refractivity (Wildman–Crippen MR) is 91.4 cm³/mol. The van der Waals surface area contributed by atoms with Gasteiger partial charge in [-0.2, -0.15) is 5.10 Å². The van der Waals surface area contributed by atoms with Gasteiger partial charge in [0.25, 0.3) is 0 Å². The van der Waals surface area contributed by atoms with Crippen LogP contribution in [0.4, 0.5) is 0 Å². The summed E-state index contributed by atoms with van der Waals surface area (Å²) in [6.45, 7) is 5.46. The third-order valence-corrected chi connectivity index (χ3v) is 4.53. The van der Waals surface area contributed by atoms with E-state index in [2.05, 4.69) is 70.5 Å². The Morgan fingerprint density at radius 1 is 1.24 bits per heavy atom. The number of aromatic nitrogens is 2. The molecule has 1 aromatic carbocycles. The van der Waals surface area contributed by atoms with E-state index in [1.165, 1.54) is 11.3 Å². The number of halogens is 1. The summed E-state index contributed by atoms with van der Waals surface area (Å²) in [6.07, 6.45) is 4.09. The number of nitrogens with zero attached hydrogens (tertiary/aromatic N) is 2. The Morgan fingerprint density at radius 2 is 1.95 bits per heavy atom. The molecular formula is C17H24BrN3. The molecule has 114 valence electrons. The lowest BCUT2D eigenvalue weighted by Crippen LogP contribution is -2.29. The Labute approximate surface area is 135 Å². The van der Waals surface area contributed by atoms with Crippen molar-refractivity contribution in [1.82, 2.24) is 15.1 Å². The van der Waals surface area contributed by atoms with E-state index in [4.69, 9.17) is 0 Å². The van der Waals surface area contributed by atoms with Crippen LogP contribution < -0.4 is 5.32 Å². The van der Waals surface area contributed by atoms with Gasteiger partial charge < -0.3 is 5.32 Å². The lowest BCUT2D eigenvalue weighted by Gasteiger charge is -2.28. The van der Waals surface area contributed by atoms with Gasteiger partial charge >= 0.3 is 0 Å². The van der Waals surface area contributed by atoms with E-state index in [0.717, 1.165) is 23.9 Å². The molecule has 0 spiro atoms. The summed E-state index contributed by atoms with van der Waals surface area (Å²) in [5, 5.41) is 8.10. The first kappa shape index (κ1) is 16.2. The molecule has 4 heteroatoms. The molecule has 1 N–H and O–H groups in total. The van der Waals surface area contributed by atoms with Crippen LogP contribution in [0.3, 0.4) is 0 Å². The van der Waals surface area contributed by atoms with Gasteiger partial charge in [-0.25, -0.2) is 0 Å². The van der Waals surface area contributed by atoms with Crippen LogP contribution in [0, 0.1) is 0 Å². The molecule has 0 radical (unpaired) electrons. The molecular weight excluding hydrogens is 326 g/mol. The van der Waals surface area contributed by atoms with Gasteiger partial charge in [-0.15, -0.1) is 0 Å². The Bertz CT molecular complexity index is 531. The van der Waals surface area contributed by atoms with Crippen molar-refractivity contribution in [2.75, 3.05) is 6.54 Å². The van der Waals surface area contributed by atoms with Crippen molar-refractivity contribution in [1.29, 1.82) is 0 Å². The highest BCUT2D eigenvalue weighted by Gasteiger charge is 2.27. The largest absolute Gasteiger partial charge is 0.308 e. The highest BCUT2D eigenvalue weighted by atomic mass is 79.9. The zero-order valence-electron chi connectivity index (χ0n) is 13.0. The van der Waals surface area contributed by atoms with Crippen LogP contribution in [0.1, 0.15) is 49.9 Å². The summed E-state index contributed by atoms with van der Waals surface area (Å²) in [6, 6.07) is 11.0. The maximum Gasteiger partial charge on any atom is 0.0698 e. The summed E-state index contributed by atoms with van der Waals surface area (Å²) < 4.78 is 3.05. The Morgan fingerprint density at radius 3 is 2.48 bits per heavy atom. The van der Waals surface area contributed by atoms with Crippen LogP contribution in [0.2, 0.25) is 0 Å². The summed E-state index contributed by atoms with van der Waals surface area (Å²) in [5.74, 6) is 0.435. The second-order valence-electron chi connectivity index (χ2n) is 5.36. The quantitative estimate of drug-likeness (QED) is 0.801. The van der Waals surface area contributed by atoms with E-state index in [-0.39, 0.29) is 6.04 Å². The van der Waals surface area contributed by atoms with Crippen molar-refractivity contribution in [3.63, 3.8) is 0 Å². The summed E-state index contributed by atoms with van der Waals surface area (Å²) in [7, 11) is 2.01. The minimum Gasteiger partial charge on any atom is -0.308 e. The number of benzene rings is 1. The second kappa shape index (κ2) is 7.76. The van der Waals surface area contributed by atoms with Gasteiger partial charge in [0.1, 0.15) is 0 Å². The first-order valence-electron chi connectivity index (χ1n) is 7.64. The third-order valence-electron chi connectivity index (χ3n) is 3.92. The van der Waals surface area contributed by atoms with Gasteiger partial charge in [0, 0.05) is 13.0 Å². The number of hydrogen-bond donors (Lipinski definition) is 1. The maximum absolute atomic E-state index is 4.39. The molecule has 3 nitrogen and oxygen atoms in total. The molecule has 21 heavy (non-hydrogen) atoms. The van der Waals surface area contributed by atoms with Gasteiger partial charge in [0.05, 0.1) is 22.4 Å². The van der Waals surface area contributed by atoms with Gasteiger partial charge in [0.2, 0.25) is 0 Å². The lowest BCUT2D eigenvalue weighted by atomic mass is 9.87. The molecule has 0 saturated carbocycles. The Hall–Kier alpha value is -1.13. The number of nitrogens with one attached hydrogen (secondary N) is 1. The topological polar surface area (TPSA) is 29.9 Å². The molecule has 0 aliphatic carbocycles. The maximum atomic E-state index is 4.39. The van der Waals surface area contributed by atoms with Crippen molar-refractivity contribution < 1.29 is 0 Å². The van der Waals surface area contributed by atoms with E-state index < -0.39 is 0 Å². The molecule has 2 unspecified atom stereocenters. The molecule has 2 aromatic rings. The number of rotatable bonds is 7. The van der Waals surface area contributed by atoms with Crippen LogP contribution >= 0.6 is 15.9 Å². The van der Waals surface area contributed by atoms with Crippen molar-refractivity contribution in [3.05, 3.63) is 52.3 Å². The molecule has 0 bridgehead atoms. The molecule has 0 aliphatic heterocycles. The fraction of sp³-hybridized carbons (Fsp3) is 0.471. The SMILES string of the molecule is CCCNC(c1c(Br)cnn1C)C(CC)c1ccccc1. The van der Waals surface area contributed by atoms with E-state index in [9.17, 15) is 0 Å². The Balaban J connectivity index is 2.39. The first-order chi connectivity index (χ1) is 10.2.